The number of aromatic nitrogens is 1. The van der Waals surface area contributed by atoms with Crippen molar-refractivity contribution in [1.29, 1.82) is 0 Å². The minimum Gasteiger partial charge on any atom is -0.444 e. The average molecular weight is 393 g/mol. The van der Waals surface area contributed by atoms with Gasteiger partial charge >= 0.3 is 6.09 Å². The Morgan fingerprint density at radius 1 is 1.25 bits per heavy atom. The summed E-state index contributed by atoms with van der Waals surface area (Å²) >= 11 is 3.55. The van der Waals surface area contributed by atoms with Crippen LogP contribution in [0.3, 0.4) is 0 Å². The molecule has 1 amide bonds. The van der Waals surface area contributed by atoms with Crippen molar-refractivity contribution in [3.8, 4) is 0 Å². The number of ether oxygens (including phenoxy) is 1. The number of likely N-dealkylation sites (tertiary alicyclic amines) is 1. The Hall–Kier alpha value is -1.49. The smallest absolute Gasteiger partial charge is 0.410 e. The topological polar surface area (TPSA) is 34.5 Å². The molecule has 1 aliphatic heterocycles. The van der Waals surface area contributed by atoms with E-state index in [1.165, 1.54) is 16.5 Å². The highest BCUT2D eigenvalue weighted by atomic mass is 79.9. The Balaban J connectivity index is 1.72. The number of amides is 1. The van der Waals surface area contributed by atoms with Gasteiger partial charge < -0.3 is 14.2 Å². The maximum atomic E-state index is 12.2. The fourth-order valence-electron chi connectivity index (χ4n) is 3.35. The van der Waals surface area contributed by atoms with Gasteiger partial charge in [0.15, 0.2) is 0 Å². The predicted octanol–water partition coefficient (Wildman–Crippen LogP) is 5.28. The van der Waals surface area contributed by atoms with Crippen LogP contribution in [0, 0.1) is 6.92 Å². The van der Waals surface area contributed by atoms with Gasteiger partial charge in [-0.3, -0.25) is 0 Å². The number of hydrogen-bond acceptors (Lipinski definition) is 2. The maximum Gasteiger partial charge on any atom is 0.410 e. The van der Waals surface area contributed by atoms with Crippen LogP contribution in [0.5, 0.6) is 0 Å². The van der Waals surface area contributed by atoms with Crippen LogP contribution in [0.25, 0.3) is 10.9 Å². The maximum absolute atomic E-state index is 12.2. The summed E-state index contributed by atoms with van der Waals surface area (Å²) in [6.07, 6.45) is 3.96. The van der Waals surface area contributed by atoms with Gasteiger partial charge in [0.05, 0.1) is 0 Å². The molecule has 0 bridgehead atoms. The second-order valence-corrected chi connectivity index (χ2v) is 8.50. The lowest BCUT2D eigenvalue weighted by atomic mass is 10.0. The molecule has 0 aliphatic carbocycles. The van der Waals surface area contributed by atoms with Gasteiger partial charge in [0.1, 0.15) is 5.60 Å². The van der Waals surface area contributed by atoms with Crippen molar-refractivity contribution < 1.29 is 9.53 Å². The molecule has 5 heteroatoms. The van der Waals surface area contributed by atoms with Crippen molar-refractivity contribution in [1.82, 2.24) is 9.47 Å². The van der Waals surface area contributed by atoms with Gasteiger partial charge in [-0.2, -0.15) is 0 Å². The van der Waals surface area contributed by atoms with E-state index in [4.69, 9.17) is 4.74 Å². The molecule has 1 aromatic heterocycles. The monoisotopic (exact) mass is 392 g/mol. The molecule has 2 aromatic rings. The summed E-state index contributed by atoms with van der Waals surface area (Å²) in [5, 5.41) is 1.29. The fourth-order valence-corrected chi connectivity index (χ4v) is 3.71. The van der Waals surface area contributed by atoms with E-state index in [1.807, 2.05) is 25.7 Å². The molecule has 0 N–H and O–H groups in total. The molecule has 24 heavy (non-hydrogen) atoms. The van der Waals surface area contributed by atoms with E-state index in [0.29, 0.717) is 6.04 Å². The van der Waals surface area contributed by atoms with Crippen molar-refractivity contribution >= 4 is 32.9 Å². The molecule has 1 fully saturated rings. The summed E-state index contributed by atoms with van der Waals surface area (Å²) < 4.78 is 8.97. The summed E-state index contributed by atoms with van der Waals surface area (Å²) in [6.45, 7) is 9.37. The SMILES string of the molecule is Cc1cn(C2CCN(C(=O)OC(C)(C)C)CC2)c2ccc(Br)cc12. The second-order valence-electron chi connectivity index (χ2n) is 7.58. The summed E-state index contributed by atoms with van der Waals surface area (Å²) in [5.41, 5.74) is 2.13. The van der Waals surface area contributed by atoms with E-state index in [0.717, 1.165) is 30.4 Å². The molecular formula is C19H25BrN2O2. The van der Waals surface area contributed by atoms with E-state index in [1.54, 1.807) is 0 Å². The number of nitrogens with zero attached hydrogens (tertiary/aromatic N) is 2. The van der Waals surface area contributed by atoms with Gasteiger partial charge in [-0.1, -0.05) is 15.9 Å². The van der Waals surface area contributed by atoms with Crippen molar-refractivity contribution in [3.05, 3.63) is 34.4 Å². The molecule has 3 rings (SSSR count). The number of benzene rings is 1. The Kier molecular flexibility index (Phi) is 4.65. The molecule has 0 unspecified atom stereocenters. The number of halogens is 1. The molecule has 0 radical (unpaired) electrons. The number of piperidine rings is 1. The normalized spacial score (nSPS) is 16.6. The number of carbonyl (C=O) groups is 1. The summed E-state index contributed by atoms with van der Waals surface area (Å²) in [7, 11) is 0. The third kappa shape index (κ3) is 3.61. The Labute approximate surface area is 151 Å². The third-order valence-corrected chi connectivity index (χ3v) is 5.00. The lowest BCUT2D eigenvalue weighted by molar-refractivity contribution is 0.0189. The summed E-state index contributed by atoms with van der Waals surface area (Å²) in [5.74, 6) is 0. The first-order chi connectivity index (χ1) is 11.2. The van der Waals surface area contributed by atoms with Crippen LogP contribution in [-0.4, -0.2) is 34.3 Å². The molecule has 0 atom stereocenters. The van der Waals surface area contributed by atoms with Gasteiger partial charge in [-0.05, 0) is 64.3 Å². The van der Waals surface area contributed by atoms with Crippen LogP contribution in [0.2, 0.25) is 0 Å². The second kappa shape index (κ2) is 6.43. The van der Waals surface area contributed by atoms with E-state index < -0.39 is 5.60 Å². The van der Waals surface area contributed by atoms with Gasteiger partial charge in [0.25, 0.3) is 0 Å². The highest BCUT2D eigenvalue weighted by Gasteiger charge is 2.28. The predicted molar refractivity (Wildman–Crippen MR) is 100 cm³/mol. The van der Waals surface area contributed by atoms with Crippen LogP contribution < -0.4 is 0 Å². The first-order valence-corrected chi connectivity index (χ1v) is 9.28. The zero-order valence-corrected chi connectivity index (χ0v) is 16.4. The van der Waals surface area contributed by atoms with Gasteiger partial charge in [-0.15, -0.1) is 0 Å². The number of aryl methyl sites for hydroxylation is 1. The Bertz CT molecular complexity index is 753. The Morgan fingerprint density at radius 2 is 1.92 bits per heavy atom. The largest absolute Gasteiger partial charge is 0.444 e. The molecular weight excluding hydrogens is 368 g/mol. The zero-order valence-electron chi connectivity index (χ0n) is 14.8. The van der Waals surface area contributed by atoms with Crippen LogP contribution in [0.4, 0.5) is 4.79 Å². The zero-order chi connectivity index (χ0) is 17.5. The molecule has 1 saturated heterocycles. The highest BCUT2D eigenvalue weighted by Crippen LogP contribution is 2.31. The number of rotatable bonds is 1. The van der Waals surface area contributed by atoms with Gasteiger partial charge in [-0.25, -0.2) is 4.79 Å². The van der Waals surface area contributed by atoms with Crippen molar-refractivity contribution in [3.63, 3.8) is 0 Å². The molecule has 130 valence electrons. The van der Waals surface area contributed by atoms with Crippen molar-refractivity contribution in [2.45, 2.75) is 52.2 Å². The van der Waals surface area contributed by atoms with Crippen LogP contribution in [-0.2, 0) is 4.74 Å². The van der Waals surface area contributed by atoms with Crippen molar-refractivity contribution in [2.24, 2.45) is 0 Å². The number of fused-ring (bicyclic) bond motifs is 1. The molecule has 0 saturated carbocycles. The van der Waals surface area contributed by atoms with Gasteiger partial charge in [0.2, 0.25) is 0 Å². The van der Waals surface area contributed by atoms with E-state index in [-0.39, 0.29) is 6.09 Å². The minimum atomic E-state index is -0.435. The first kappa shape index (κ1) is 17.3. The first-order valence-electron chi connectivity index (χ1n) is 8.49. The quantitative estimate of drug-likeness (QED) is 0.660. The van der Waals surface area contributed by atoms with Crippen molar-refractivity contribution in [2.75, 3.05) is 13.1 Å². The number of hydrogen-bond donors (Lipinski definition) is 0. The molecule has 2 heterocycles. The average Bonchev–Trinajstić information content (AvgIpc) is 2.82. The molecule has 1 aliphatic rings. The lowest BCUT2D eigenvalue weighted by Crippen LogP contribution is -2.42. The third-order valence-electron chi connectivity index (χ3n) is 4.50. The summed E-state index contributed by atoms with van der Waals surface area (Å²) in [6, 6.07) is 6.87. The van der Waals surface area contributed by atoms with E-state index in [9.17, 15) is 4.79 Å². The molecule has 0 spiro atoms. The summed E-state index contributed by atoms with van der Waals surface area (Å²) in [4.78, 5) is 14.0. The van der Waals surface area contributed by atoms with Crippen LogP contribution in [0.15, 0.2) is 28.9 Å². The lowest BCUT2D eigenvalue weighted by Gasteiger charge is -2.34. The Morgan fingerprint density at radius 3 is 2.54 bits per heavy atom. The minimum absolute atomic E-state index is 0.196. The standard InChI is InChI=1S/C19H25BrN2O2/c1-13-12-22(17-6-5-14(20)11-16(13)17)15-7-9-21(10-8-15)18(23)24-19(2,3)4/h5-6,11-12,15H,7-10H2,1-4H3. The van der Waals surface area contributed by atoms with Gasteiger partial charge in [0, 0.05) is 40.7 Å². The van der Waals surface area contributed by atoms with E-state index in [2.05, 4.69) is 51.8 Å². The molecule has 1 aromatic carbocycles. The fraction of sp³-hybridized carbons (Fsp3) is 0.526. The number of carbonyl (C=O) groups excluding carboxylic acids is 1. The van der Waals surface area contributed by atoms with Crippen LogP contribution in [0.1, 0.15) is 45.2 Å². The van der Waals surface area contributed by atoms with Crippen LogP contribution >= 0.6 is 15.9 Å². The van der Waals surface area contributed by atoms with E-state index >= 15 is 0 Å². The molecule has 4 nitrogen and oxygen atoms in total. The highest BCUT2D eigenvalue weighted by molar-refractivity contribution is 9.10.